The highest BCUT2D eigenvalue weighted by Crippen LogP contribution is 2.09. The van der Waals surface area contributed by atoms with Gasteiger partial charge >= 0.3 is 0 Å². The van der Waals surface area contributed by atoms with Crippen LogP contribution in [0.15, 0.2) is 18.2 Å². The van der Waals surface area contributed by atoms with Gasteiger partial charge in [0.2, 0.25) is 0 Å². The maximum absolute atomic E-state index is 12.9. The SMILES string of the molecule is Cc1cc(C(=O)NC(C)C#N)ccc1F. The van der Waals surface area contributed by atoms with Gasteiger partial charge in [0.1, 0.15) is 11.9 Å². The summed E-state index contributed by atoms with van der Waals surface area (Å²) in [5, 5.41) is 11.0. The van der Waals surface area contributed by atoms with Crippen molar-refractivity contribution >= 4 is 5.91 Å². The molecule has 0 aliphatic carbocycles. The number of hydrogen-bond acceptors (Lipinski definition) is 2. The fourth-order valence-corrected chi connectivity index (χ4v) is 1.10. The summed E-state index contributed by atoms with van der Waals surface area (Å²) in [5.74, 6) is -0.716. The topological polar surface area (TPSA) is 52.9 Å². The zero-order valence-electron chi connectivity index (χ0n) is 8.54. The molecule has 1 atom stereocenters. The summed E-state index contributed by atoms with van der Waals surface area (Å²) in [6.45, 7) is 3.16. The number of nitriles is 1. The minimum Gasteiger partial charge on any atom is -0.337 e. The third-order valence-corrected chi connectivity index (χ3v) is 1.96. The number of hydrogen-bond donors (Lipinski definition) is 1. The van der Waals surface area contributed by atoms with Gasteiger partial charge in [-0.25, -0.2) is 4.39 Å². The number of carbonyl (C=O) groups is 1. The highest BCUT2D eigenvalue weighted by molar-refractivity contribution is 5.94. The minimum absolute atomic E-state index is 0.347. The van der Waals surface area contributed by atoms with Crippen molar-refractivity contribution in [1.82, 2.24) is 5.32 Å². The van der Waals surface area contributed by atoms with E-state index in [1.807, 2.05) is 6.07 Å². The monoisotopic (exact) mass is 206 g/mol. The van der Waals surface area contributed by atoms with Crippen molar-refractivity contribution in [1.29, 1.82) is 5.26 Å². The summed E-state index contributed by atoms with van der Waals surface area (Å²) in [7, 11) is 0. The summed E-state index contributed by atoms with van der Waals surface area (Å²) >= 11 is 0. The Morgan fingerprint density at radius 2 is 2.27 bits per heavy atom. The van der Waals surface area contributed by atoms with E-state index in [1.54, 1.807) is 13.8 Å². The van der Waals surface area contributed by atoms with Crippen LogP contribution < -0.4 is 5.32 Å². The lowest BCUT2D eigenvalue weighted by molar-refractivity contribution is 0.0947. The van der Waals surface area contributed by atoms with Gasteiger partial charge in [0.25, 0.3) is 5.91 Å². The van der Waals surface area contributed by atoms with Gasteiger partial charge in [0.15, 0.2) is 0 Å². The van der Waals surface area contributed by atoms with Crippen molar-refractivity contribution < 1.29 is 9.18 Å². The zero-order valence-corrected chi connectivity index (χ0v) is 8.54. The van der Waals surface area contributed by atoms with Gasteiger partial charge < -0.3 is 5.32 Å². The van der Waals surface area contributed by atoms with Gasteiger partial charge in [-0.1, -0.05) is 0 Å². The van der Waals surface area contributed by atoms with Gasteiger partial charge in [-0.15, -0.1) is 0 Å². The molecule has 0 aromatic heterocycles. The van der Waals surface area contributed by atoms with Gasteiger partial charge in [0.05, 0.1) is 6.07 Å². The van der Waals surface area contributed by atoms with Crippen molar-refractivity contribution in [2.24, 2.45) is 0 Å². The number of nitrogens with zero attached hydrogens (tertiary/aromatic N) is 1. The second-order valence-electron chi connectivity index (χ2n) is 3.29. The first-order valence-corrected chi connectivity index (χ1v) is 4.51. The lowest BCUT2D eigenvalue weighted by Crippen LogP contribution is -2.31. The van der Waals surface area contributed by atoms with Gasteiger partial charge in [-0.3, -0.25) is 4.79 Å². The van der Waals surface area contributed by atoms with Crippen LogP contribution in [0.3, 0.4) is 0 Å². The molecule has 0 spiro atoms. The maximum atomic E-state index is 12.9. The largest absolute Gasteiger partial charge is 0.337 e. The Hall–Kier alpha value is -1.89. The molecule has 1 aromatic rings. The maximum Gasteiger partial charge on any atom is 0.252 e. The average molecular weight is 206 g/mol. The Morgan fingerprint density at radius 1 is 1.60 bits per heavy atom. The van der Waals surface area contributed by atoms with Crippen molar-refractivity contribution in [2.75, 3.05) is 0 Å². The van der Waals surface area contributed by atoms with Gasteiger partial charge in [-0.05, 0) is 37.6 Å². The predicted octanol–water partition coefficient (Wildman–Crippen LogP) is 1.78. The molecule has 1 N–H and O–H groups in total. The Morgan fingerprint density at radius 3 is 2.80 bits per heavy atom. The van der Waals surface area contributed by atoms with Crippen molar-refractivity contribution in [3.63, 3.8) is 0 Å². The minimum atomic E-state index is -0.553. The number of aryl methyl sites for hydroxylation is 1. The fraction of sp³-hybridized carbons (Fsp3) is 0.273. The lowest BCUT2D eigenvalue weighted by atomic mass is 10.1. The van der Waals surface area contributed by atoms with Crippen LogP contribution in [0.5, 0.6) is 0 Å². The number of rotatable bonds is 2. The Bertz CT molecular complexity index is 423. The standard InChI is InChI=1S/C11H11FN2O/c1-7-5-9(3-4-10(7)12)11(15)14-8(2)6-13/h3-5,8H,1-2H3,(H,14,15). The van der Waals surface area contributed by atoms with E-state index in [0.717, 1.165) is 0 Å². The van der Waals surface area contributed by atoms with E-state index in [9.17, 15) is 9.18 Å². The first-order chi connectivity index (χ1) is 7.04. The molecule has 15 heavy (non-hydrogen) atoms. The van der Waals surface area contributed by atoms with E-state index in [1.165, 1.54) is 18.2 Å². The molecule has 0 saturated carbocycles. The highest BCUT2D eigenvalue weighted by atomic mass is 19.1. The third kappa shape index (κ3) is 2.78. The molecule has 0 fully saturated rings. The fourth-order valence-electron chi connectivity index (χ4n) is 1.10. The summed E-state index contributed by atoms with van der Waals surface area (Å²) in [6.07, 6.45) is 0. The predicted molar refractivity (Wildman–Crippen MR) is 53.7 cm³/mol. The number of nitrogens with one attached hydrogen (secondary N) is 1. The molecule has 4 heteroatoms. The molecule has 78 valence electrons. The van der Waals surface area contributed by atoms with E-state index in [4.69, 9.17) is 5.26 Å². The molecular formula is C11H11FN2O. The van der Waals surface area contributed by atoms with Crippen molar-refractivity contribution in [2.45, 2.75) is 19.9 Å². The molecule has 0 aliphatic rings. The molecular weight excluding hydrogens is 195 g/mol. The number of halogens is 1. The molecule has 0 saturated heterocycles. The van der Waals surface area contributed by atoms with Crippen LogP contribution in [-0.4, -0.2) is 11.9 Å². The second-order valence-corrected chi connectivity index (χ2v) is 3.29. The summed E-state index contributed by atoms with van der Waals surface area (Å²) in [4.78, 5) is 11.5. The smallest absolute Gasteiger partial charge is 0.252 e. The Labute approximate surface area is 87.5 Å². The molecule has 1 amide bonds. The molecule has 1 aromatic carbocycles. The van der Waals surface area contributed by atoms with Crippen LogP contribution in [0.2, 0.25) is 0 Å². The quantitative estimate of drug-likeness (QED) is 0.801. The summed E-state index contributed by atoms with van der Waals surface area (Å²) in [6, 6.07) is 5.41. The van der Waals surface area contributed by atoms with Crippen LogP contribution in [-0.2, 0) is 0 Å². The molecule has 1 unspecified atom stereocenters. The van der Waals surface area contributed by atoms with Crippen LogP contribution in [0, 0.1) is 24.1 Å². The highest BCUT2D eigenvalue weighted by Gasteiger charge is 2.09. The molecule has 0 aliphatic heterocycles. The summed E-state index contributed by atoms with van der Waals surface area (Å²) in [5.41, 5.74) is 0.767. The van der Waals surface area contributed by atoms with Crippen LogP contribution in [0.4, 0.5) is 4.39 Å². The molecule has 0 heterocycles. The third-order valence-electron chi connectivity index (χ3n) is 1.96. The molecule has 0 bridgehead atoms. The van der Waals surface area contributed by atoms with E-state index < -0.39 is 6.04 Å². The van der Waals surface area contributed by atoms with Gasteiger partial charge in [0, 0.05) is 5.56 Å². The lowest BCUT2D eigenvalue weighted by Gasteiger charge is -2.07. The van der Waals surface area contributed by atoms with Crippen molar-refractivity contribution in [3.8, 4) is 6.07 Å². The first-order valence-electron chi connectivity index (χ1n) is 4.51. The number of benzene rings is 1. The Kier molecular flexibility index (Phi) is 3.40. The average Bonchev–Trinajstić information content (AvgIpc) is 2.21. The van der Waals surface area contributed by atoms with Crippen molar-refractivity contribution in [3.05, 3.63) is 35.1 Å². The van der Waals surface area contributed by atoms with E-state index in [-0.39, 0.29) is 11.7 Å². The van der Waals surface area contributed by atoms with E-state index in [0.29, 0.717) is 11.1 Å². The molecule has 3 nitrogen and oxygen atoms in total. The van der Waals surface area contributed by atoms with Crippen LogP contribution in [0.1, 0.15) is 22.8 Å². The number of amides is 1. The van der Waals surface area contributed by atoms with Crippen LogP contribution >= 0.6 is 0 Å². The van der Waals surface area contributed by atoms with E-state index >= 15 is 0 Å². The Balaban J connectivity index is 2.84. The summed E-state index contributed by atoms with van der Waals surface area (Å²) < 4.78 is 12.9. The molecule has 1 rings (SSSR count). The normalized spacial score (nSPS) is 11.6. The van der Waals surface area contributed by atoms with Gasteiger partial charge in [-0.2, -0.15) is 5.26 Å². The number of carbonyl (C=O) groups excluding carboxylic acids is 1. The first kappa shape index (κ1) is 11.2. The molecule has 0 radical (unpaired) electrons. The second kappa shape index (κ2) is 4.56. The zero-order chi connectivity index (χ0) is 11.4. The van der Waals surface area contributed by atoms with E-state index in [2.05, 4.69) is 5.32 Å². The van der Waals surface area contributed by atoms with Crippen LogP contribution in [0.25, 0.3) is 0 Å².